The number of unbranched alkanes of at least 4 members (excludes halogenated alkanes) is 4. The standard InChI is InChI=1S/C29H36N4O4S2/c1-29(2)27(36)33(22-10-11-23-21(19-22)20-37-26(23)35)28(38)32(29)13-7-5-3-4-6-12-30-14-16-31(17-15-30)25(34)24-9-8-18-39-24/h8-11,18-19H,3-7,12-17,20H2,1-2H3. The molecule has 3 aliphatic heterocycles. The second-order valence-electron chi connectivity index (χ2n) is 10.9. The maximum atomic E-state index is 13.3. The number of nitrogens with zero attached hydrogens (tertiary/aromatic N) is 4. The van der Waals surface area contributed by atoms with Gasteiger partial charge in [-0.2, -0.15) is 0 Å². The van der Waals surface area contributed by atoms with Crippen LogP contribution in [0.2, 0.25) is 0 Å². The van der Waals surface area contributed by atoms with Gasteiger partial charge >= 0.3 is 5.97 Å². The van der Waals surface area contributed by atoms with Crippen LogP contribution in [-0.4, -0.2) is 82.4 Å². The molecule has 1 aromatic heterocycles. The first-order valence-corrected chi connectivity index (χ1v) is 15.1. The fourth-order valence-electron chi connectivity index (χ4n) is 5.56. The molecule has 5 rings (SSSR count). The Hall–Kier alpha value is -2.82. The smallest absolute Gasteiger partial charge is 0.338 e. The van der Waals surface area contributed by atoms with Crippen LogP contribution in [-0.2, 0) is 16.1 Å². The molecule has 0 spiro atoms. The Morgan fingerprint density at radius 2 is 1.72 bits per heavy atom. The molecule has 0 N–H and O–H groups in total. The summed E-state index contributed by atoms with van der Waals surface area (Å²) in [7, 11) is 0. The lowest BCUT2D eigenvalue weighted by Gasteiger charge is -2.34. The summed E-state index contributed by atoms with van der Waals surface area (Å²) in [6.45, 7) is 9.38. The van der Waals surface area contributed by atoms with Crippen molar-refractivity contribution in [2.24, 2.45) is 0 Å². The van der Waals surface area contributed by atoms with Gasteiger partial charge in [-0.15, -0.1) is 11.3 Å². The molecule has 2 amide bonds. The molecule has 0 atom stereocenters. The Labute approximate surface area is 239 Å². The Bertz CT molecular complexity index is 1240. The van der Waals surface area contributed by atoms with E-state index in [9.17, 15) is 14.4 Å². The summed E-state index contributed by atoms with van der Waals surface area (Å²) in [5, 5.41) is 2.47. The predicted octanol–water partition coefficient (Wildman–Crippen LogP) is 4.54. The summed E-state index contributed by atoms with van der Waals surface area (Å²) in [5.41, 5.74) is 1.32. The van der Waals surface area contributed by atoms with Crippen LogP contribution in [0.4, 0.5) is 5.69 Å². The highest BCUT2D eigenvalue weighted by atomic mass is 32.1. The van der Waals surface area contributed by atoms with Gasteiger partial charge in [0.1, 0.15) is 12.1 Å². The fourth-order valence-corrected chi connectivity index (χ4v) is 6.76. The number of hydrogen-bond acceptors (Lipinski definition) is 7. The summed E-state index contributed by atoms with van der Waals surface area (Å²) < 4.78 is 5.11. The molecule has 0 saturated carbocycles. The van der Waals surface area contributed by atoms with E-state index in [1.54, 1.807) is 17.0 Å². The molecule has 10 heteroatoms. The third-order valence-corrected chi connectivity index (χ3v) is 9.26. The van der Waals surface area contributed by atoms with Gasteiger partial charge in [0.05, 0.1) is 16.1 Å². The summed E-state index contributed by atoms with van der Waals surface area (Å²) in [6, 6.07) is 9.16. The second-order valence-corrected chi connectivity index (χ2v) is 12.2. The zero-order valence-corrected chi connectivity index (χ0v) is 24.3. The van der Waals surface area contributed by atoms with Gasteiger partial charge in [-0.05, 0) is 75.1 Å². The topological polar surface area (TPSA) is 73.4 Å². The molecule has 2 fully saturated rings. The van der Waals surface area contributed by atoms with E-state index < -0.39 is 5.54 Å². The molecule has 208 valence electrons. The maximum Gasteiger partial charge on any atom is 0.338 e. The van der Waals surface area contributed by atoms with Crippen LogP contribution in [0.5, 0.6) is 0 Å². The number of carbonyl (C=O) groups is 3. The van der Waals surface area contributed by atoms with Gasteiger partial charge in [-0.1, -0.05) is 25.3 Å². The van der Waals surface area contributed by atoms with Crippen LogP contribution in [0, 0.1) is 0 Å². The fraction of sp³-hybridized carbons (Fsp3) is 0.517. The van der Waals surface area contributed by atoms with Crippen LogP contribution >= 0.6 is 23.6 Å². The monoisotopic (exact) mass is 568 g/mol. The maximum absolute atomic E-state index is 13.3. The van der Waals surface area contributed by atoms with E-state index in [0.29, 0.717) is 16.4 Å². The number of esters is 1. The lowest BCUT2D eigenvalue weighted by atomic mass is 10.0. The van der Waals surface area contributed by atoms with E-state index in [0.717, 1.165) is 75.4 Å². The Balaban J connectivity index is 1.02. The van der Waals surface area contributed by atoms with Crippen molar-refractivity contribution in [1.29, 1.82) is 0 Å². The lowest BCUT2D eigenvalue weighted by Crippen LogP contribution is -2.48. The number of rotatable bonds is 10. The van der Waals surface area contributed by atoms with Crippen LogP contribution in [0.25, 0.3) is 0 Å². The number of fused-ring (bicyclic) bond motifs is 1. The lowest BCUT2D eigenvalue weighted by molar-refractivity contribution is -0.123. The number of thiocarbonyl (C=S) groups is 1. The molecule has 3 aliphatic rings. The molecule has 2 saturated heterocycles. The van der Waals surface area contributed by atoms with Gasteiger partial charge < -0.3 is 14.5 Å². The van der Waals surface area contributed by atoms with E-state index in [4.69, 9.17) is 17.0 Å². The number of hydrogen-bond donors (Lipinski definition) is 0. The largest absolute Gasteiger partial charge is 0.457 e. The normalized spacial score (nSPS) is 19.1. The Morgan fingerprint density at radius 1 is 1.00 bits per heavy atom. The number of amides is 2. The van der Waals surface area contributed by atoms with Crippen LogP contribution < -0.4 is 4.90 Å². The molecule has 0 radical (unpaired) electrons. The SMILES string of the molecule is CC1(C)C(=O)N(c2ccc3c(c2)COC3=O)C(=S)N1CCCCCCCN1CCN(C(=O)c2cccs2)CC1. The predicted molar refractivity (Wildman–Crippen MR) is 156 cm³/mol. The van der Waals surface area contributed by atoms with Crippen LogP contribution in [0.3, 0.4) is 0 Å². The van der Waals surface area contributed by atoms with Crippen molar-refractivity contribution in [1.82, 2.24) is 14.7 Å². The number of carbonyl (C=O) groups excluding carboxylic acids is 3. The summed E-state index contributed by atoms with van der Waals surface area (Å²) in [5.74, 6) is -0.207. The number of cyclic esters (lactones) is 1. The first kappa shape index (κ1) is 27.7. The molecular formula is C29H36N4O4S2. The van der Waals surface area contributed by atoms with Gasteiger partial charge in [0.15, 0.2) is 5.11 Å². The molecule has 0 aliphatic carbocycles. The number of benzene rings is 1. The molecule has 4 heterocycles. The highest BCUT2D eigenvalue weighted by molar-refractivity contribution is 7.80. The van der Waals surface area contributed by atoms with Gasteiger partial charge in [0.25, 0.3) is 11.8 Å². The van der Waals surface area contributed by atoms with E-state index in [2.05, 4.69) is 4.90 Å². The molecule has 8 nitrogen and oxygen atoms in total. The van der Waals surface area contributed by atoms with E-state index >= 15 is 0 Å². The van der Waals surface area contributed by atoms with Gasteiger partial charge in [0, 0.05) is 38.3 Å². The highest BCUT2D eigenvalue weighted by Crippen LogP contribution is 2.34. The molecular weight excluding hydrogens is 532 g/mol. The van der Waals surface area contributed by atoms with Crippen LogP contribution in [0.15, 0.2) is 35.7 Å². The number of anilines is 1. The van der Waals surface area contributed by atoms with Gasteiger partial charge in [-0.25, -0.2) is 4.79 Å². The van der Waals surface area contributed by atoms with Crippen molar-refractivity contribution in [3.05, 3.63) is 51.7 Å². The van der Waals surface area contributed by atoms with E-state index in [1.165, 1.54) is 17.8 Å². The number of ether oxygens (including phenoxy) is 1. The Kier molecular flexibility index (Phi) is 8.35. The average Bonchev–Trinajstić information content (AvgIpc) is 3.63. The third-order valence-electron chi connectivity index (χ3n) is 8.00. The molecule has 0 bridgehead atoms. The van der Waals surface area contributed by atoms with E-state index in [-0.39, 0.29) is 24.4 Å². The van der Waals surface area contributed by atoms with Crippen molar-refractivity contribution in [2.45, 2.75) is 58.1 Å². The second kappa shape index (κ2) is 11.7. The minimum Gasteiger partial charge on any atom is -0.457 e. The highest BCUT2D eigenvalue weighted by Gasteiger charge is 2.49. The molecule has 39 heavy (non-hydrogen) atoms. The Morgan fingerprint density at radius 3 is 2.44 bits per heavy atom. The minimum absolute atomic E-state index is 0.0464. The minimum atomic E-state index is -0.713. The average molecular weight is 569 g/mol. The van der Waals surface area contributed by atoms with Crippen molar-refractivity contribution in [3.63, 3.8) is 0 Å². The summed E-state index contributed by atoms with van der Waals surface area (Å²) in [6.07, 6.45) is 5.53. The summed E-state index contributed by atoms with van der Waals surface area (Å²) >= 11 is 7.28. The van der Waals surface area contributed by atoms with Gasteiger partial charge in [-0.3, -0.25) is 19.4 Å². The molecule has 2 aromatic rings. The zero-order chi connectivity index (χ0) is 27.6. The van der Waals surface area contributed by atoms with Crippen molar-refractivity contribution < 1.29 is 19.1 Å². The van der Waals surface area contributed by atoms with E-state index in [1.807, 2.05) is 47.2 Å². The van der Waals surface area contributed by atoms with Crippen molar-refractivity contribution >= 4 is 52.1 Å². The first-order valence-electron chi connectivity index (χ1n) is 13.8. The van der Waals surface area contributed by atoms with Crippen molar-refractivity contribution in [2.75, 3.05) is 44.2 Å². The van der Waals surface area contributed by atoms with Crippen LogP contribution in [0.1, 0.15) is 71.5 Å². The molecule has 0 unspecified atom stereocenters. The zero-order valence-electron chi connectivity index (χ0n) is 22.7. The third kappa shape index (κ3) is 5.73. The number of thiophene rings is 1. The first-order chi connectivity index (χ1) is 18.8. The quantitative estimate of drug-likeness (QED) is 0.237. The number of piperazine rings is 1. The van der Waals surface area contributed by atoms with Gasteiger partial charge in [0.2, 0.25) is 0 Å². The van der Waals surface area contributed by atoms with Crippen molar-refractivity contribution in [3.8, 4) is 0 Å². The summed E-state index contributed by atoms with van der Waals surface area (Å²) in [4.78, 5) is 46.5. The molecule has 1 aromatic carbocycles.